The minimum absolute atomic E-state index is 0.000107. The van der Waals surface area contributed by atoms with E-state index in [2.05, 4.69) is 31.9 Å². The van der Waals surface area contributed by atoms with Gasteiger partial charge in [0.2, 0.25) is 29.5 Å². The molecule has 10 N–H and O–H groups in total. The van der Waals surface area contributed by atoms with Gasteiger partial charge in [-0.05, 0) is 146 Å². The number of likely N-dealkylation sites (N-methyl/N-ethyl adjacent to an activating group) is 1. The van der Waals surface area contributed by atoms with Crippen LogP contribution in [0, 0.1) is 11.8 Å². The van der Waals surface area contributed by atoms with E-state index in [1.807, 2.05) is 13.8 Å². The smallest absolute Gasteiger partial charge is 0.335 e. The van der Waals surface area contributed by atoms with Gasteiger partial charge < -0.3 is 104 Å². The molecule has 0 aliphatic rings. The number of benzene rings is 2. The van der Waals surface area contributed by atoms with Crippen LogP contribution in [0.15, 0.2) is 48.5 Å². The number of hydrogen-bond donors (Lipinski definition) is 10. The molecule has 0 saturated heterocycles. The summed E-state index contributed by atoms with van der Waals surface area (Å²) in [6.07, 6.45) is 20.5. The number of aliphatic carboxylic acids is 2. The SMILES string of the molecule is CCCNC(=O)COCCOCCCC(=O)COCCOCCNC(=O)CC[C@H](CC(=O)CCCCCCCCCOc1ccc(C(=O)O)cc1)C(=O)O.CCC[C@H](NC)C(=O)CC[C@@H](CCCCNC(=O)COCCOCCNC(=O)COCCOCCCC(=O)CC[C@H](NC(=O)CCCCCCCCCOc1ccc(C(=O)O)cc1)C(=O)O)C(=O)CCC(C)=O. The van der Waals surface area contributed by atoms with Gasteiger partial charge in [-0.1, -0.05) is 90.9 Å². The Hall–Kier alpha value is -9.07. The van der Waals surface area contributed by atoms with Crippen LogP contribution in [0.5, 0.6) is 11.5 Å². The van der Waals surface area contributed by atoms with Gasteiger partial charge in [-0.2, -0.15) is 0 Å². The van der Waals surface area contributed by atoms with Crippen LogP contribution in [-0.2, 0) is 100 Å². The monoisotopic (exact) mass is 1800 g/mol. The molecule has 5 amide bonds. The van der Waals surface area contributed by atoms with Gasteiger partial charge >= 0.3 is 23.9 Å². The first kappa shape index (κ1) is 116. The first-order valence-electron chi connectivity index (χ1n) is 45.4. The molecule has 0 aromatic heterocycles. The Kier molecular flexibility index (Phi) is 72.2. The fourth-order valence-corrected chi connectivity index (χ4v) is 12.7. The number of Topliss-reactive ketones (excluding diaryl/α,β-unsaturated/α-hetero) is 6. The molecule has 0 spiro atoms. The molecule has 35 heteroatoms. The number of unbranched alkanes of at least 4 members (excludes halogenated alkanes) is 13. The summed E-state index contributed by atoms with van der Waals surface area (Å²) < 4.78 is 54.2. The summed E-state index contributed by atoms with van der Waals surface area (Å²) >= 11 is 0. The molecular formula is C92H148N6O29. The Balaban J connectivity index is 0.00000133. The first-order chi connectivity index (χ1) is 61.3. The van der Waals surface area contributed by atoms with Crippen LogP contribution in [0.2, 0.25) is 0 Å². The predicted molar refractivity (Wildman–Crippen MR) is 472 cm³/mol. The molecule has 720 valence electrons. The summed E-state index contributed by atoms with van der Waals surface area (Å²) in [7, 11) is 1.76. The average molecular weight is 1800 g/mol. The maximum atomic E-state index is 12.8. The third-order valence-electron chi connectivity index (χ3n) is 20.0. The van der Waals surface area contributed by atoms with Crippen LogP contribution >= 0.6 is 0 Å². The van der Waals surface area contributed by atoms with E-state index in [1.165, 1.54) is 31.2 Å². The summed E-state index contributed by atoms with van der Waals surface area (Å²) in [5, 5.41) is 53.4. The second-order valence-corrected chi connectivity index (χ2v) is 31.0. The third-order valence-corrected chi connectivity index (χ3v) is 20.0. The molecule has 0 aliphatic heterocycles. The van der Waals surface area contributed by atoms with Gasteiger partial charge in [0.1, 0.15) is 72.9 Å². The van der Waals surface area contributed by atoms with E-state index < -0.39 is 35.8 Å². The van der Waals surface area contributed by atoms with E-state index in [4.69, 9.17) is 57.6 Å². The van der Waals surface area contributed by atoms with Crippen molar-refractivity contribution in [3.63, 3.8) is 0 Å². The van der Waals surface area contributed by atoms with Gasteiger partial charge in [0.05, 0.1) is 102 Å². The summed E-state index contributed by atoms with van der Waals surface area (Å²) in [5.74, 6) is -5.82. The van der Waals surface area contributed by atoms with Crippen molar-refractivity contribution in [1.29, 1.82) is 0 Å². The van der Waals surface area contributed by atoms with Crippen LogP contribution in [0.4, 0.5) is 0 Å². The van der Waals surface area contributed by atoms with E-state index in [-0.39, 0.29) is 244 Å². The zero-order valence-electron chi connectivity index (χ0n) is 75.7. The highest BCUT2D eigenvalue weighted by molar-refractivity contribution is 5.90. The maximum Gasteiger partial charge on any atom is 0.335 e. The Labute approximate surface area is 749 Å². The van der Waals surface area contributed by atoms with Crippen molar-refractivity contribution in [1.82, 2.24) is 31.9 Å². The number of carbonyl (C=O) groups is 15. The zero-order valence-corrected chi connectivity index (χ0v) is 75.7. The van der Waals surface area contributed by atoms with E-state index in [9.17, 15) is 82.1 Å². The van der Waals surface area contributed by atoms with E-state index >= 15 is 0 Å². The molecule has 0 unspecified atom stereocenters. The van der Waals surface area contributed by atoms with Crippen molar-refractivity contribution in [2.75, 3.05) is 152 Å². The summed E-state index contributed by atoms with van der Waals surface area (Å²) in [6, 6.07) is 11.3. The van der Waals surface area contributed by atoms with Crippen molar-refractivity contribution in [2.24, 2.45) is 11.8 Å². The van der Waals surface area contributed by atoms with Crippen LogP contribution in [-0.4, -0.2) is 273 Å². The number of hydrogen-bond acceptors (Lipinski definition) is 26. The maximum absolute atomic E-state index is 12.8. The standard InChI is InChI=1S/C53H86N4O16.C39H62N2O13/c1-4-15-45(54-3)48(61)28-22-41(47(60)27-19-40(2)58)16-11-12-29-55-50(63)38-72-37-35-70-33-30-56-51(64)39-71-36-34-69-31-14-17-43(59)23-26-46(53(67)68)57-49(62)18-10-8-6-5-7-9-13-32-73-44-24-20-42(21-25-44)52(65)66;1-2-19-40-37(45)30-53-27-24-50-21-10-12-34(43)29-52-26-25-51-23-20-41-36(44)18-15-32(39(48)49)28-33(42)11-8-6-4-3-5-7-9-22-54-35-16-13-31(14-17-35)38(46)47/h20-21,24-25,41,45-46,54H,4-19,22-23,26-39H2,1-3H3,(H,55,63)(H,56,64)(H,57,62)(H,65,66)(H,67,68);13-14,16-17,32H,2-12,15,18-30H2,1H3,(H,40,45)(H,41,44)(H,46,47)(H,48,49)/t41-,45+,46+;32-/m11/s1. The van der Waals surface area contributed by atoms with Gasteiger partial charge in [0.25, 0.3) is 0 Å². The fraction of sp³-hybridized carbons (Fsp3) is 0.707. The van der Waals surface area contributed by atoms with E-state index in [0.717, 1.165) is 96.3 Å². The van der Waals surface area contributed by atoms with Gasteiger partial charge in [0.15, 0.2) is 5.78 Å². The lowest BCUT2D eigenvalue weighted by atomic mass is 9.88. The molecule has 2 aromatic rings. The van der Waals surface area contributed by atoms with E-state index in [1.54, 1.807) is 31.3 Å². The Morgan fingerprint density at radius 2 is 0.740 bits per heavy atom. The lowest BCUT2D eigenvalue weighted by molar-refractivity contribution is -0.144. The summed E-state index contributed by atoms with van der Waals surface area (Å²) in [5.41, 5.74) is 0.435. The van der Waals surface area contributed by atoms with Gasteiger partial charge in [-0.3, -0.25) is 52.7 Å². The number of ether oxygens (including phenoxy) is 10. The van der Waals surface area contributed by atoms with Crippen molar-refractivity contribution >= 4 is 88.1 Å². The average Bonchev–Trinajstić information content (AvgIpc) is 0.903. The number of aromatic carboxylic acids is 2. The molecule has 0 heterocycles. The van der Waals surface area contributed by atoms with Crippen molar-refractivity contribution in [3.05, 3.63) is 59.7 Å². The number of nitrogens with one attached hydrogen (secondary N) is 6. The van der Waals surface area contributed by atoms with Crippen LogP contribution in [0.3, 0.4) is 0 Å². The molecule has 0 fully saturated rings. The normalized spacial score (nSPS) is 12.0. The third kappa shape index (κ3) is 68.7. The Morgan fingerprint density at radius 3 is 1.21 bits per heavy atom. The Bertz CT molecular complexity index is 3400. The van der Waals surface area contributed by atoms with Gasteiger partial charge in [-0.15, -0.1) is 0 Å². The number of carbonyl (C=O) groups excluding carboxylic acids is 11. The first-order valence-corrected chi connectivity index (χ1v) is 45.4. The van der Waals surface area contributed by atoms with Crippen LogP contribution in [0.25, 0.3) is 0 Å². The molecule has 35 nitrogen and oxygen atoms in total. The van der Waals surface area contributed by atoms with E-state index in [0.29, 0.717) is 128 Å². The second kappa shape index (κ2) is 79.1. The lowest BCUT2D eigenvalue weighted by Crippen LogP contribution is -2.41. The zero-order chi connectivity index (χ0) is 93.6. The summed E-state index contributed by atoms with van der Waals surface area (Å²) in [4.78, 5) is 179. The number of rotatable bonds is 87. The van der Waals surface area contributed by atoms with Crippen molar-refractivity contribution in [2.45, 2.75) is 258 Å². The second-order valence-electron chi connectivity index (χ2n) is 31.0. The molecule has 2 rings (SSSR count). The van der Waals surface area contributed by atoms with Crippen molar-refractivity contribution in [3.8, 4) is 11.5 Å². The quantitative estimate of drug-likeness (QED) is 0.0275. The summed E-state index contributed by atoms with van der Waals surface area (Å²) in [6.45, 7) is 10.8. The molecule has 0 bridgehead atoms. The van der Waals surface area contributed by atoms with Crippen LogP contribution < -0.4 is 41.4 Å². The Morgan fingerprint density at radius 1 is 0.307 bits per heavy atom. The minimum Gasteiger partial charge on any atom is -0.494 e. The highest BCUT2D eigenvalue weighted by Crippen LogP contribution is 2.22. The molecule has 0 radical (unpaired) electrons. The minimum atomic E-state index is -1.19. The fourth-order valence-electron chi connectivity index (χ4n) is 12.7. The molecule has 0 aliphatic carbocycles. The number of carboxylic acids is 4. The topological polar surface area (TPSA) is 501 Å². The molecule has 2 aromatic carbocycles. The molecular weight excluding hydrogens is 1650 g/mol. The highest BCUT2D eigenvalue weighted by atomic mass is 16.5. The number of carboxylic acid groups (broad SMARTS) is 4. The predicted octanol–water partition coefficient (Wildman–Crippen LogP) is 9.73. The molecule has 0 saturated carbocycles. The number of ketones is 6. The highest BCUT2D eigenvalue weighted by Gasteiger charge is 2.26. The van der Waals surface area contributed by atoms with Gasteiger partial charge in [-0.25, -0.2) is 14.4 Å². The number of amides is 5. The lowest BCUT2D eigenvalue weighted by Gasteiger charge is -2.18. The van der Waals surface area contributed by atoms with Gasteiger partial charge in [0, 0.05) is 110 Å². The molecule has 4 atom stereocenters. The van der Waals surface area contributed by atoms with Crippen molar-refractivity contribution < 1.29 is 140 Å². The molecule has 127 heavy (non-hydrogen) atoms. The van der Waals surface area contributed by atoms with Crippen LogP contribution in [0.1, 0.15) is 266 Å². The largest absolute Gasteiger partial charge is 0.494 e.